The fourth-order valence-corrected chi connectivity index (χ4v) is 2.41. The molecule has 1 aromatic rings. The molecule has 0 saturated carbocycles. The lowest BCUT2D eigenvalue weighted by molar-refractivity contribution is -0.139. The van der Waals surface area contributed by atoms with Crippen LogP contribution < -0.4 is 4.72 Å². The van der Waals surface area contributed by atoms with Crippen LogP contribution in [0.1, 0.15) is 25.8 Å². The summed E-state index contributed by atoms with van der Waals surface area (Å²) in [5.41, 5.74) is 0.984. The molecule has 1 atom stereocenters. The Labute approximate surface area is 113 Å². The van der Waals surface area contributed by atoms with Crippen molar-refractivity contribution in [2.24, 2.45) is 0 Å². The molecule has 2 N–H and O–H groups in total. The zero-order chi connectivity index (χ0) is 14.5. The van der Waals surface area contributed by atoms with Crippen LogP contribution in [0, 0.1) is 0 Å². The van der Waals surface area contributed by atoms with Crippen molar-refractivity contribution in [2.75, 3.05) is 0 Å². The van der Waals surface area contributed by atoms with E-state index in [-0.39, 0.29) is 6.42 Å². The van der Waals surface area contributed by atoms with Crippen LogP contribution in [0.25, 0.3) is 0 Å². The fourth-order valence-electron chi connectivity index (χ4n) is 1.52. The minimum absolute atomic E-state index is 0.227. The second-order valence-electron chi connectivity index (χ2n) is 4.63. The molecular weight excluding hydrogens is 266 g/mol. The summed E-state index contributed by atoms with van der Waals surface area (Å²) in [6.07, 6.45) is 0.740. The predicted molar refractivity (Wildman–Crippen MR) is 73.4 cm³/mol. The van der Waals surface area contributed by atoms with E-state index in [1.807, 2.05) is 30.3 Å². The Bertz CT molecular complexity index is 511. The summed E-state index contributed by atoms with van der Waals surface area (Å²) in [6, 6.07) is 8.28. The molecule has 6 heteroatoms. The molecule has 0 unspecified atom stereocenters. The third-order valence-corrected chi connectivity index (χ3v) is 4.64. The van der Waals surface area contributed by atoms with Gasteiger partial charge in [-0.05, 0) is 32.3 Å². The number of nitrogens with one attached hydrogen (secondary N) is 1. The Hall–Kier alpha value is -1.40. The lowest BCUT2D eigenvalue weighted by Crippen LogP contribution is -2.43. The molecule has 0 spiro atoms. The van der Waals surface area contributed by atoms with Crippen molar-refractivity contribution in [2.45, 2.75) is 38.0 Å². The average molecular weight is 285 g/mol. The van der Waals surface area contributed by atoms with Crippen LogP contribution in [0.3, 0.4) is 0 Å². The molecule has 0 aliphatic rings. The normalized spacial score (nSPS) is 13.4. The van der Waals surface area contributed by atoms with Gasteiger partial charge in [0.05, 0.1) is 5.25 Å². The Balaban J connectivity index is 2.67. The lowest BCUT2D eigenvalue weighted by Gasteiger charge is -2.16. The summed E-state index contributed by atoms with van der Waals surface area (Å²) in [5, 5.41) is 8.42. The van der Waals surface area contributed by atoms with Gasteiger partial charge in [0.15, 0.2) is 0 Å². The molecular formula is C13H19NO4S. The largest absolute Gasteiger partial charge is 0.480 e. The van der Waals surface area contributed by atoms with Crippen molar-refractivity contribution in [1.29, 1.82) is 0 Å². The maximum absolute atomic E-state index is 11.7. The quantitative estimate of drug-likeness (QED) is 0.793. The smallest absolute Gasteiger partial charge is 0.321 e. The van der Waals surface area contributed by atoms with Gasteiger partial charge in [-0.25, -0.2) is 13.1 Å². The molecule has 0 radical (unpaired) electrons. The number of hydrogen-bond donors (Lipinski definition) is 2. The van der Waals surface area contributed by atoms with Crippen molar-refractivity contribution < 1.29 is 18.3 Å². The van der Waals surface area contributed by atoms with Crippen molar-refractivity contribution in [3.8, 4) is 0 Å². The zero-order valence-corrected chi connectivity index (χ0v) is 11.9. The molecule has 0 saturated heterocycles. The molecule has 0 bridgehead atoms. The lowest BCUT2D eigenvalue weighted by atomic mass is 10.1. The van der Waals surface area contributed by atoms with Crippen molar-refractivity contribution in [3.63, 3.8) is 0 Å². The third kappa shape index (κ3) is 5.00. The van der Waals surface area contributed by atoms with Crippen LogP contribution in [-0.2, 0) is 21.2 Å². The van der Waals surface area contributed by atoms with Gasteiger partial charge in [0.2, 0.25) is 10.0 Å². The van der Waals surface area contributed by atoms with Crippen LogP contribution in [0.2, 0.25) is 0 Å². The number of benzene rings is 1. The molecule has 106 valence electrons. The number of aliphatic carboxylic acids is 1. The average Bonchev–Trinajstić information content (AvgIpc) is 2.35. The molecule has 0 aromatic heterocycles. The van der Waals surface area contributed by atoms with Gasteiger partial charge in [0, 0.05) is 0 Å². The zero-order valence-electron chi connectivity index (χ0n) is 11.0. The first kappa shape index (κ1) is 15.7. The fraction of sp³-hybridized carbons (Fsp3) is 0.462. The van der Waals surface area contributed by atoms with Crippen LogP contribution in [0.15, 0.2) is 30.3 Å². The monoisotopic (exact) mass is 285 g/mol. The van der Waals surface area contributed by atoms with Gasteiger partial charge in [0.1, 0.15) is 6.04 Å². The van der Waals surface area contributed by atoms with E-state index in [2.05, 4.69) is 4.72 Å². The first-order valence-electron chi connectivity index (χ1n) is 6.11. The summed E-state index contributed by atoms with van der Waals surface area (Å²) in [5.74, 6) is -1.15. The van der Waals surface area contributed by atoms with E-state index in [4.69, 9.17) is 5.11 Å². The summed E-state index contributed by atoms with van der Waals surface area (Å²) in [4.78, 5) is 11.1. The Morgan fingerprint density at radius 2 is 1.84 bits per heavy atom. The second kappa shape index (κ2) is 6.68. The van der Waals surface area contributed by atoms with E-state index in [1.165, 1.54) is 13.8 Å². The molecule has 0 aliphatic carbocycles. The van der Waals surface area contributed by atoms with Gasteiger partial charge in [0.25, 0.3) is 0 Å². The summed E-state index contributed by atoms with van der Waals surface area (Å²) in [6.45, 7) is 3.02. The van der Waals surface area contributed by atoms with Crippen LogP contribution in [-0.4, -0.2) is 30.8 Å². The molecule has 0 amide bonds. The van der Waals surface area contributed by atoms with Crippen molar-refractivity contribution in [1.82, 2.24) is 4.72 Å². The van der Waals surface area contributed by atoms with E-state index in [1.54, 1.807) is 0 Å². The van der Waals surface area contributed by atoms with Gasteiger partial charge in [-0.3, -0.25) is 4.79 Å². The number of rotatable bonds is 7. The second-order valence-corrected chi connectivity index (χ2v) is 6.90. The highest BCUT2D eigenvalue weighted by molar-refractivity contribution is 7.90. The molecule has 19 heavy (non-hydrogen) atoms. The number of carbonyl (C=O) groups is 1. The van der Waals surface area contributed by atoms with Crippen molar-refractivity contribution in [3.05, 3.63) is 35.9 Å². The maximum atomic E-state index is 11.7. The molecule has 0 fully saturated rings. The van der Waals surface area contributed by atoms with Crippen molar-refractivity contribution >= 4 is 16.0 Å². The van der Waals surface area contributed by atoms with Crippen LogP contribution in [0.5, 0.6) is 0 Å². The maximum Gasteiger partial charge on any atom is 0.321 e. The van der Waals surface area contributed by atoms with Gasteiger partial charge in [-0.1, -0.05) is 30.3 Å². The van der Waals surface area contributed by atoms with Gasteiger partial charge in [-0.2, -0.15) is 0 Å². The Morgan fingerprint density at radius 1 is 1.26 bits per heavy atom. The SMILES string of the molecule is CC(C)S(=O)(=O)N[C@@H](CCc1ccccc1)C(=O)O. The van der Waals surface area contributed by atoms with E-state index >= 15 is 0 Å². The van der Waals surface area contributed by atoms with E-state index in [9.17, 15) is 13.2 Å². The van der Waals surface area contributed by atoms with E-state index in [0.717, 1.165) is 5.56 Å². The van der Waals surface area contributed by atoms with Gasteiger partial charge in [-0.15, -0.1) is 0 Å². The summed E-state index contributed by atoms with van der Waals surface area (Å²) < 4.78 is 25.6. The summed E-state index contributed by atoms with van der Waals surface area (Å²) >= 11 is 0. The highest BCUT2D eigenvalue weighted by Crippen LogP contribution is 2.07. The number of carboxylic acid groups (broad SMARTS) is 1. The topological polar surface area (TPSA) is 83.5 Å². The molecule has 0 aliphatic heterocycles. The number of sulfonamides is 1. The molecule has 5 nitrogen and oxygen atoms in total. The number of hydrogen-bond acceptors (Lipinski definition) is 3. The first-order chi connectivity index (χ1) is 8.83. The summed E-state index contributed by atoms with van der Waals surface area (Å²) in [7, 11) is -3.58. The molecule has 0 heterocycles. The Morgan fingerprint density at radius 3 is 2.32 bits per heavy atom. The molecule has 1 rings (SSSR count). The minimum atomic E-state index is -3.58. The third-order valence-electron chi connectivity index (χ3n) is 2.79. The first-order valence-corrected chi connectivity index (χ1v) is 7.65. The highest BCUT2D eigenvalue weighted by Gasteiger charge is 2.25. The number of carboxylic acids is 1. The van der Waals surface area contributed by atoms with Gasteiger partial charge >= 0.3 is 5.97 Å². The van der Waals surface area contributed by atoms with Crippen LogP contribution in [0.4, 0.5) is 0 Å². The van der Waals surface area contributed by atoms with Gasteiger partial charge < -0.3 is 5.11 Å². The Kier molecular flexibility index (Phi) is 5.50. The number of aryl methyl sites for hydroxylation is 1. The predicted octanol–water partition coefficient (Wildman–Crippen LogP) is 1.40. The van der Waals surface area contributed by atoms with Crippen LogP contribution >= 0.6 is 0 Å². The van der Waals surface area contributed by atoms with E-state index < -0.39 is 27.3 Å². The highest BCUT2D eigenvalue weighted by atomic mass is 32.2. The molecule has 1 aromatic carbocycles. The minimum Gasteiger partial charge on any atom is -0.480 e. The van der Waals surface area contributed by atoms with E-state index in [0.29, 0.717) is 6.42 Å². The standard InChI is InChI=1S/C13H19NO4S/c1-10(2)19(17,18)14-12(13(15)16)9-8-11-6-4-3-5-7-11/h3-7,10,12,14H,8-9H2,1-2H3,(H,15,16)/t12-/m0/s1.